The summed E-state index contributed by atoms with van der Waals surface area (Å²) in [5.74, 6) is 0. The molecule has 0 aliphatic heterocycles. The van der Waals surface area contributed by atoms with E-state index in [4.69, 9.17) is 5.10 Å². The first-order chi connectivity index (χ1) is 10.2. The average Bonchev–Trinajstić information content (AvgIpc) is 2.84. The van der Waals surface area contributed by atoms with Crippen LogP contribution in [0.15, 0.2) is 24.3 Å². The molecule has 4 heteroatoms. The van der Waals surface area contributed by atoms with E-state index in [1.807, 2.05) is 0 Å². The molecule has 0 radical (unpaired) electrons. The Balaban J connectivity index is 2.29. The van der Waals surface area contributed by atoms with E-state index in [-0.39, 0.29) is 0 Å². The fourth-order valence-corrected chi connectivity index (χ4v) is 2.98. The lowest BCUT2D eigenvalue weighted by atomic mass is 10.1. The zero-order chi connectivity index (χ0) is 15.2. The van der Waals surface area contributed by atoms with Gasteiger partial charge in [0.25, 0.3) is 0 Å². The Morgan fingerprint density at radius 1 is 1.10 bits per heavy atom. The molecule has 0 fully saturated rings. The Labute approximate surface area is 141 Å². The number of aryl methyl sites for hydroxylation is 1. The van der Waals surface area contributed by atoms with Crippen molar-refractivity contribution in [1.29, 1.82) is 0 Å². The van der Waals surface area contributed by atoms with Crippen molar-refractivity contribution >= 4 is 22.6 Å². The summed E-state index contributed by atoms with van der Waals surface area (Å²) in [4.78, 5) is 0. The third-order valence-corrected chi connectivity index (χ3v) is 4.44. The molecule has 1 aromatic carbocycles. The largest absolute Gasteiger partial charge is 0.313 e. The van der Waals surface area contributed by atoms with Crippen LogP contribution in [0.25, 0.3) is 0 Å². The van der Waals surface area contributed by atoms with E-state index in [0.717, 1.165) is 32.5 Å². The first-order valence-corrected chi connectivity index (χ1v) is 8.80. The topological polar surface area (TPSA) is 29.9 Å². The number of aromatic nitrogens is 2. The van der Waals surface area contributed by atoms with E-state index < -0.39 is 0 Å². The predicted molar refractivity (Wildman–Crippen MR) is 96.6 cm³/mol. The van der Waals surface area contributed by atoms with Crippen molar-refractivity contribution in [3.63, 3.8) is 0 Å². The molecular formula is C17H24IN3. The fraction of sp³-hybridized carbons (Fsp3) is 0.471. The molecule has 0 saturated carbocycles. The van der Waals surface area contributed by atoms with Crippen LogP contribution in [0.4, 0.5) is 0 Å². The van der Waals surface area contributed by atoms with Crippen LogP contribution in [0.2, 0.25) is 0 Å². The second kappa shape index (κ2) is 7.94. The lowest BCUT2D eigenvalue weighted by Crippen LogP contribution is -2.14. The van der Waals surface area contributed by atoms with Crippen molar-refractivity contribution in [2.24, 2.45) is 0 Å². The summed E-state index contributed by atoms with van der Waals surface area (Å²) in [6.07, 6.45) is 2.02. The first-order valence-electron chi connectivity index (χ1n) is 7.72. The Morgan fingerprint density at radius 3 is 2.38 bits per heavy atom. The van der Waals surface area contributed by atoms with Crippen LogP contribution in [0.1, 0.15) is 43.3 Å². The van der Waals surface area contributed by atoms with Gasteiger partial charge < -0.3 is 5.32 Å². The molecule has 114 valence electrons. The lowest BCUT2D eigenvalue weighted by Gasteiger charge is -2.09. The monoisotopic (exact) mass is 397 g/mol. The van der Waals surface area contributed by atoms with Crippen molar-refractivity contribution < 1.29 is 0 Å². The number of hydrogen-bond donors (Lipinski definition) is 1. The van der Waals surface area contributed by atoms with Gasteiger partial charge in [-0.1, -0.05) is 32.9 Å². The van der Waals surface area contributed by atoms with Gasteiger partial charge in [0.2, 0.25) is 0 Å². The summed E-state index contributed by atoms with van der Waals surface area (Å²) < 4.78 is 3.46. The standard InChI is InChI=1S/C17H24IN3/c1-4-16-15(11-19-6-3)17(5-2)21(20-16)12-13-7-9-14(18)10-8-13/h7-10,19H,4-6,11-12H2,1-3H3. The Bertz CT molecular complexity index is 572. The van der Waals surface area contributed by atoms with E-state index in [2.05, 4.69) is 77.6 Å². The smallest absolute Gasteiger partial charge is 0.0669 e. The van der Waals surface area contributed by atoms with Crippen LogP contribution in [0.3, 0.4) is 0 Å². The minimum atomic E-state index is 0.860. The Hall–Kier alpha value is -0.880. The summed E-state index contributed by atoms with van der Waals surface area (Å²) in [7, 11) is 0. The molecule has 2 rings (SSSR count). The zero-order valence-electron chi connectivity index (χ0n) is 13.1. The van der Waals surface area contributed by atoms with Gasteiger partial charge in [-0.05, 0) is 59.7 Å². The lowest BCUT2D eigenvalue weighted by molar-refractivity contribution is 0.637. The van der Waals surface area contributed by atoms with Crippen LogP contribution >= 0.6 is 22.6 Å². The SMILES string of the molecule is CCNCc1c(CC)nn(Cc2ccc(I)cc2)c1CC. The first kappa shape index (κ1) is 16.5. The molecule has 0 unspecified atom stereocenters. The molecule has 0 aliphatic carbocycles. The summed E-state index contributed by atoms with van der Waals surface area (Å²) in [6.45, 7) is 9.33. The molecule has 0 spiro atoms. The quantitative estimate of drug-likeness (QED) is 0.721. The highest BCUT2D eigenvalue weighted by Crippen LogP contribution is 2.18. The number of halogens is 1. The van der Waals surface area contributed by atoms with E-state index in [1.165, 1.54) is 26.1 Å². The van der Waals surface area contributed by atoms with Crippen molar-refractivity contribution in [2.75, 3.05) is 6.54 Å². The second-order valence-corrected chi connectivity index (χ2v) is 6.39. The maximum absolute atomic E-state index is 4.84. The molecule has 3 nitrogen and oxygen atoms in total. The minimum Gasteiger partial charge on any atom is -0.313 e. The van der Waals surface area contributed by atoms with Gasteiger partial charge in [0.15, 0.2) is 0 Å². The molecule has 0 saturated heterocycles. The summed E-state index contributed by atoms with van der Waals surface area (Å²) in [6, 6.07) is 8.70. The molecule has 0 aliphatic rings. The molecule has 0 amide bonds. The fourth-order valence-electron chi connectivity index (χ4n) is 2.62. The molecule has 1 aromatic heterocycles. The van der Waals surface area contributed by atoms with Crippen molar-refractivity contribution in [2.45, 2.75) is 46.7 Å². The number of rotatable bonds is 7. The van der Waals surface area contributed by atoms with Crippen LogP contribution in [-0.4, -0.2) is 16.3 Å². The molecule has 1 N–H and O–H groups in total. The van der Waals surface area contributed by atoms with Gasteiger partial charge >= 0.3 is 0 Å². The highest BCUT2D eigenvalue weighted by molar-refractivity contribution is 14.1. The van der Waals surface area contributed by atoms with E-state index >= 15 is 0 Å². The van der Waals surface area contributed by atoms with Gasteiger partial charge in [-0.25, -0.2) is 0 Å². The van der Waals surface area contributed by atoms with Crippen molar-refractivity contribution in [3.8, 4) is 0 Å². The van der Waals surface area contributed by atoms with Crippen LogP contribution in [0, 0.1) is 3.57 Å². The van der Waals surface area contributed by atoms with E-state index in [0.29, 0.717) is 0 Å². The van der Waals surface area contributed by atoms with Gasteiger partial charge in [0.1, 0.15) is 0 Å². The molecular weight excluding hydrogens is 373 g/mol. The summed E-state index contributed by atoms with van der Waals surface area (Å²) in [5, 5.41) is 8.29. The summed E-state index contributed by atoms with van der Waals surface area (Å²) >= 11 is 2.34. The zero-order valence-corrected chi connectivity index (χ0v) is 15.3. The van der Waals surface area contributed by atoms with E-state index in [1.54, 1.807) is 0 Å². The number of benzene rings is 1. The molecule has 21 heavy (non-hydrogen) atoms. The molecule has 0 bridgehead atoms. The average molecular weight is 397 g/mol. The highest BCUT2D eigenvalue weighted by Gasteiger charge is 2.15. The number of hydrogen-bond acceptors (Lipinski definition) is 2. The Kier molecular flexibility index (Phi) is 6.23. The highest BCUT2D eigenvalue weighted by atomic mass is 127. The number of nitrogens with one attached hydrogen (secondary N) is 1. The maximum Gasteiger partial charge on any atom is 0.0669 e. The minimum absolute atomic E-state index is 0.860. The van der Waals surface area contributed by atoms with Crippen molar-refractivity contribution in [3.05, 3.63) is 50.4 Å². The molecule has 2 aromatic rings. The van der Waals surface area contributed by atoms with E-state index in [9.17, 15) is 0 Å². The van der Waals surface area contributed by atoms with Gasteiger partial charge in [0, 0.05) is 21.4 Å². The van der Waals surface area contributed by atoms with Gasteiger partial charge in [-0.3, -0.25) is 4.68 Å². The van der Waals surface area contributed by atoms with Gasteiger partial charge in [-0.15, -0.1) is 0 Å². The molecule has 0 atom stereocenters. The van der Waals surface area contributed by atoms with Crippen LogP contribution < -0.4 is 5.32 Å². The second-order valence-electron chi connectivity index (χ2n) is 5.14. The Morgan fingerprint density at radius 2 is 1.81 bits per heavy atom. The van der Waals surface area contributed by atoms with Gasteiger partial charge in [0.05, 0.1) is 12.2 Å². The van der Waals surface area contributed by atoms with Crippen molar-refractivity contribution in [1.82, 2.24) is 15.1 Å². The molecule has 1 heterocycles. The normalized spacial score (nSPS) is 11.0. The van der Waals surface area contributed by atoms with Crippen LogP contribution in [-0.2, 0) is 25.9 Å². The maximum atomic E-state index is 4.84. The third kappa shape index (κ3) is 4.07. The summed E-state index contributed by atoms with van der Waals surface area (Å²) in [5.41, 5.74) is 5.31. The predicted octanol–water partition coefficient (Wildman–Crippen LogP) is 3.77. The van der Waals surface area contributed by atoms with Gasteiger partial charge in [-0.2, -0.15) is 5.10 Å². The number of nitrogens with zero attached hydrogens (tertiary/aromatic N) is 2. The van der Waals surface area contributed by atoms with Crippen LogP contribution in [0.5, 0.6) is 0 Å². The third-order valence-electron chi connectivity index (χ3n) is 3.72.